The van der Waals surface area contributed by atoms with Gasteiger partial charge in [-0.05, 0) is 40.1 Å². The molecule has 0 atom stereocenters. The molecule has 0 saturated carbocycles. The van der Waals surface area contributed by atoms with Crippen LogP contribution in [0.4, 0.5) is 0 Å². The normalized spacial score (nSPS) is 11.5. The van der Waals surface area contributed by atoms with Gasteiger partial charge in [0.05, 0.1) is 5.02 Å². The number of rotatable bonds is 4. The number of halogens is 1. The molecule has 6 aromatic carbocycles. The number of para-hydroxylation sites is 1. The molecule has 4 nitrogen and oxygen atoms in total. The highest BCUT2D eigenvalue weighted by Crippen LogP contribution is 2.40. The summed E-state index contributed by atoms with van der Waals surface area (Å²) in [6, 6.07) is 45.0. The Bertz CT molecular complexity index is 2250. The van der Waals surface area contributed by atoms with Crippen LogP contribution < -0.4 is 0 Å². The summed E-state index contributed by atoms with van der Waals surface area (Å²) in [6.45, 7) is 0. The summed E-state index contributed by atoms with van der Waals surface area (Å²) >= 11 is 6.60. The Morgan fingerprint density at radius 2 is 1.07 bits per heavy atom. The molecule has 8 rings (SSSR count). The van der Waals surface area contributed by atoms with Crippen LogP contribution in [0.1, 0.15) is 0 Å². The molecule has 0 N–H and O–H groups in total. The Morgan fingerprint density at radius 1 is 0.452 bits per heavy atom. The van der Waals surface area contributed by atoms with Crippen LogP contribution in [-0.2, 0) is 0 Å². The number of hydrogen-bond donors (Lipinski definition) is 0. The van der Waals surface area contributed by atoms with Gasteiger partial charge in [-0.1, -0.05) is 127 Å². The molecule has 0 bridgehead atoms. The lowest BCUT2D eigenvalue weighted by molar-refractivity contribution is 0.669. The Hall–Kier alpha value is -5.32. The lowest BCUT2D eigenvalue weighted by Crippen LogP contribution is -2.00. The number of hydrogen-bond acceptors (Lipinski definition) is 4. The molecule has 198 valence electrons. The molecule has 42 heavy (non-hydrogen) atoms. The van der Waals surface area contributed by atoms with E-state index in [-0.39, 0.29) is 0 Å². The molecule has 0 unspecified atom stereocenters. The summed E-state index contributed by atoms with van der Waals surface area (Å²) in [7, 11) is 0. The fourth-order valence-electron chi connectivity index (χ4n) is 5.60. The fourth-order valence-corrected chi connectivity index (χ4v) is 5.80. The molecule has 0 amide bonds. The van der Waals surface area contributed by atoms with Gasteiger partial charge in [0.2, 0.25) is 0 Å². The van der Waals surface area contributed by atoms with Gasteiger partial charge >= 0.3 is 0 Å². The van der Waals surface area contributed by atoms with E-state index in [0.717, 1.165) is 38.6 Å². The number of furan rings is 1. The van der Waals surface area contributed by atoms with Crippen molar-refractivity contribution in [2.24, 2.45) is 0 Å². The largest absolute Gasteiger partial charge is 0.454 e. The second-order valence-electron chi connectivity index (χ2n) is 10.2. The minimum absolute atomic E-state index is 0.548. The zero-order chi connectivity index (χ0) is 28.0. The molecule has 0 aliphatic carbocycles. The Kier molecular flexibility index (Phi) is 5.80. The first-order chi connectivity index (χ1) is 20.7. The van der Waals surface area contributed by atoms with E-state index < -0.39 is 0 Å². The lowest BCUT2D eigenvalue weighted by atomic mass is 9.97. The maximum atomic E-state index is 6.60. The number of benzene rings is 6. The van der Waals surface area contributed by atoms with Crippen molar-refractivity contribution in [1.29, 1.82) is 0 Å². The van der Waals surface area contributed by atoms with Gasteiger partial charge in [-0.3, -0.25) is 0 Å². The van der Waals surface area contributed by atoms with Crippen molar-refractivity contribution in [3.05, 3.63) is 138 Å². The maximum Gasteiger partial charge on any atom is 0.164 e. The Labute approximate surface area is 246 Å². The second-order valence-corrected chi connectivity index (χ2v) is 10.6. The first-order valence-corrected chi connectivity index (χ1v) is 14.1. The van der Waals surface area contributed by atoms with Crippen LogP contribution in [0.15, 0.2) is 138 Å². The SMILES string of the molecule is Clc1ccc(-c2nc(-c3ccccc3)nc(-c3ccc(-c4cccc5ccccc45)cc3)n2)c2c1oc1ccccc12. The third-order valence-corrected chi connectivity index (χ3v) is 7.93. The molecule has 0 spiro atoms. The molecule has 8 aromatic rings. The van der Waals surface area contributed by atoms with Crippen molar-refractivity contribution >= 4 is 44.3 Å². The van der Waals surface area contributed by atoms with Crippen molar-refractivity contribution in [1.82, 2.24) is 15.0 Å². The van der Waals surface area contributed by atoms with Gasteiger partial charge in [-0.15, -0.1) is 0 Å². The van der Waals surface area contributed by atoms with Crippen molar-refractivity contribution < 1.29 is 4.42 Å². The van der Waals surface area contributed by atoms with Crippen molar-refractivity contribution in [3.8, 4) is 45.3 Å². The van der Waals surface area contributed by atoms with E-state index >= 15 is 0 Å². The van der Waals surface area contributed by atoms with Crippen LogP contribution in [0.3, 0.4) is 0 Å². The van der Waals surface area contributed by atoms with E-state index in [0.29, 0.717) is 28.1 Å². The maximum absolute atomic E-state index is 6.60. The minimum Gasteiger partial charge on any atom is -0.454 e. The zero-order valence-corrected chi connectivity index (χ0v) is 23.1. The summed E-state index contributed by atoms with van der Waals surface area (Å²) < 4.78 is 6.16. The van der Waals surface area contributed by atoms with Gasteiger partial charge in [0, 0.05) is 27.5 Å². The van der Waals surface area contributed by atoms with E-state index in [2.05, 4.69) is 66.7 Å². The number of nitrogens with zero attached hydrogens (tertiary/aromatic N) is 3. The van der Waals surface area contributed by atoms with Crippen LogP contribution >= 0.6 is 11.6 Å². The van der Waals surface area contributed by atoms with E-state index in [1.807, 2.05) is 66.7 Å². The summed E-state index contributed by atoms with van der Waals surface area (Å²) in [5, 5.41) is 4.84. The van der Waals surface area contributed by atoms with Crippen LogP contribution in [0.25, 0.3) is 78.0 Å². The molecule has 0 fully saturated rings. The van der Waals surface area contributed by atoms with E-state index in [1.165, 1.54) is 16.3 Å². The first-order valence-electron chi connectivity index (χ1n) is 13.7. The lowest BCUT2D eigenvalue weighted by Gasteiger charge is -2.11. The second kappa shape index (κ2) is 9.95. The third kappa shape index (κ3) is 4.12. The molecule has 2 aromatic heterocycles. The van der Waals surface area contributed by atoms with Crippen LogP contribution in [0.5, 0.6) is 0 Å². The quantitative estimate of drug-likeness (QED) is 0.215. The third-order valence-electron chi connectivity index (χ3n) is 7.63. The summed E-state index contributed by atoms with van der Waals surface area (Å²) in [4.78, 5) is 14.9. The predicted octanol–water partition coefficient (Wildman–Crippen LogP) is 10.2. The molecule has 5 heteroatoms. The van der Waals surface area contributed by atoms with Crippen LogP contribution in [0, 0.1) is 0 Å². The average Bonchev–Trinajstić information content (AvgIpc) is 3.46. The van der Waals surface area contributed by atoms with E-state index in [4.69, 9.17) is 31.0 Å². The monoisotopic (exact) mass is 559 g/mol. The van der Waals surface area contributed by atoms with Gasteiger partial charge in [-0.25, -0.2) is 15.0 Å². The molecule has 0 aliphatic heterocycles. The topological polar surface area (TPSA) is 51.8 Å². The van der Waals surface area contributed by atoms with Crippen LogP contribution in [0.2, 0.25) is 5.02 Å². The fraction of sp³-hybridized carbons (Fsp3) is 0. The minimum atomic E-state index is 0.548. The van der Waals surface area contributed by atoms with Crippen molar-refractivity contribution in [3.63, 3.8) is 0 Å². The van der Waals surface area contributed by atoms with Gasteiger partial charge in [0.1, 0.15) is 5.58 Å². The van der Waals surface area contributed by atoms with E-state index in [9.17, 15) is 0 Å². The number of aromatic nitrogens is 3. The molecular formula is C37H22ClN3O. The zero-order valence-electron chi connectivity index (χ0n) is 22.3. The molecule has 2 heterocycles. The summed E-state index contributed by atoms with van der Waals surface area (Å²) in [5.74, 6) is 1.76. The molecular weight excluding hydrogens is 538 g/mol. The standard InChI is InChI=1S/C37H22ClN3O/c38-31-22-21-30(33-29-14-6-7-16-32(29)42-34(31)33)37-40-35(25-10-2-1-3-11-25)39-36(41-37)26-19-17-24(18-20-26)28-15-8-12-23-9-4-5-13-27(23)28/h1-22H. The van der Waals surface area contributed by atoms with Crippen LogP contribution in [-0.4, -0.2) is 15.0 Å². The summed E-state index contributed by atoms with van der Waals surface area (Å²) in [5.41, 5.74) is 6.38. The van der Waals surface area contributed by atoms with Crippen molar-refractivity contribution in [2.75, 3.05) is 0 Å². The Balaban J connectivity index is 1.31. The molecule has 0 radical (unpaired) electrons. The van der Waals surface area contributed by atoms with Gasteiger partial charge in [0.15, 0.2) is 23.1 Å². The van der Waals surface area contributed by atoms with Gasteiger partial charge in [0.25, 0.3) is 0 Å². The molecule has 0 aliphatic rings. The first kappa shape index (κ1) is 24.5. The van der Waals surface area contributed by atoms with Gasteiger partial charge < -0.3 is 4.42 Å². The number of fused-ring (bicyclic) bond motifs is 4. The highest BCUT2D eigenvalue weighted by molar-refractivity contribution is 6.36. The molecule has 0 saturated heterocycles. The smallest absolute Gasteiger partial charge is 0.164 e. The Morgan fingerprint density at radius 3 is 1.88 bits per heavy atom. The average molecular weight is 560 g/mol. The van der Waals surface area contributed by atoms with Crippen molar-refractivity contribution in [2.45, 2.75) is 0 Å². The van der Waals surface area contributed by atoms with Gasteiger partial charge in [-0.2, -0.15) is 0 Å². The predicted molar refractivity (Wildman–Crippen MR) is 171 cm³/mol. The highest BCUT2D eigenvalue weighted by Gasteiger charge is 2.19. The highest BCUT2D eigenvalue weighted by atomic mass is 35.5. The van der Waals surface area contributed by atoms with E-state index in [1.54, 1.807) is 0 Å². The summed E-state index contributed by atoms with van der Waals surface area (Å²) in [6.07, 6.45) is 0.